The lowest BCUT2D eigenvalue weighted by Crippen LogP contribution is -2.04. The summed E-state index contributed by atoms with van der Waals surface area (Å²) in [6.07, 6.45) is 0. The van der Waals surface area contributed by atoms with Gasteiger partial charge in [-0.2, -0.15) is 0 Å². The molecule has 0 radical (unpaired) electrons. The topological polar surface area (TPSA) is 32.9 Å². The normalized spacial score (nSPS) is 10.1. The number of nitrogens with one attached hydrogen (secondary N) is 1. The Labute approximate surface area is 86.2 Å². The standard InChI is InChI=1S/C11H8ClNO/c12-9-6-7-10(14)13-11(9)8-4-2-1-3-5-8/h1-7H,(H,13,14). The van der Waals surface area contributed by atoms with E-state index < -0.39 is 0 Å². The van der Waals surface area contributed by atoms with E-state index in [9.17, 15) is 4.79 Å². The first kappa shape index (κ1) is 9.03. The van der Waals surface area contributed by atoms with Crippen LogP contribution in [0.15, 0.2) is 47.3 Å². The molecule has 0 saturated carbocycles. The molecule has 0 spiro atoms. The van der Waals surface area contributed by atoms with Gasteiger partial charge in [-0.25, -0.2) is 0 Å². The molecule has 14 heavy (non-hydrogen) atoms. The lowest BCUT2D eigenvalue weighted by Gasteiger charge is -2.02. The fourth-order valence-corrected chi connectivity index (χ4v) is 1.49. The van der Waals surface area contributed by atoms with Gasteiger partial charge in [-0.15, -0.1) is 0 Å². The summed E-state index contributed by atoms with van der Waals surface area (Å²) in [4.78, 5) is 13.8. The predicted molar refractivity (Wildman–Crippen MR) is 57.5 cm³/mol. The van der Waals surface area contributed by atoms with Crippen molar-refractivity contribution in [1.29, 1.82) is 0 Å². The summed E-state index contributed by atoms with van der Waals surface area (Å²) in [5, 5.41) is 0.552. The number of aromatic amines is 1. The minimum atomic E-state index is -0.145. The minimum Gasteiger partial charge on any atom is -0.321 e. The first-order chi connectivity index (χ1) is 6.77. The molecule has 0 aliphatic heterocycles. The fourth-order valence-electron chi connectivity index (χ4n) is 1.27. The number of hydrogen-bond donors (Lipinski definition) is 1. The van der Waals surface area contributed by atoms with Gasteiger partial charge in [0.25, 0.3) is 0 Å². The Hall–Kier alpha value is -1.54. The minimum absolute atomic E-state index is 0.145. The zero-order valence-electron chi connectivity index (χ0n) is 7.33. The summed E-state index contributed by atoms with van der Waals surface area (Å²) in [6.45, 7) is 0. The lowest BCUT2D eigenvalue weighted by molar-refractivity contribution is 1.24. The van der Waals surface area contributed by atoms with Crippen molar-refractivity contribution in [2.24, 2.45) is 0 Å². The molecule has 0 unspecified atom stereocenters. The van der Waals surface area contributed by atoms with Crippen LogP contribution in [-0.4, -0.2) is 4.98 Å². The molecule has 3 heteroatoms. The van der Waals surface area contributed by atoms with Crippen LogP contribution in [0.4, 0.5) is 0 Å². The average molecular weight is 206 g/mol. The average Bonchev–Trinajstić information content (AvgIpc) is 2.23. The highest BCUT2D eigenvalue weighted by Crippen LogP contribution is 2.23. The highest BCUT2D eigenvalue weighted by Gasteiger charge is 2.02. The second-order valence-corrected chi connectivity index (χ2v) is 3.32. The van der Waals surface area contributed by atoms with E-state index in [1.807, 2.05) is 30.3 Å². The number of aromatic nitrogens is 1. The second-order valence-electron chi connectivity index (χ2n) is 2.91. The molecule has 0 saturated heterocycles. The van der Waals surface area contributed by atoms with Gasteiger partial charge in [0.1, 0.15) is 0 Å². The van der Waals surface area contributed by atoms with Crippen molar-refractivity contribution in [3.63, 3.8) is 0 Å². The van der Waals surface area contributed by atoms with Crippen LogP contribution in [0.3, 0.4) is 0 Å². The number of pyridine rings is 1. The molecule has 1 aromatic heterocycles. The molecule has 2 nitrogen and oxygen atoms in total. The number of H-pyrrole nitrogens is 1. The Morgan fingerprint density at radius 3 is 2.43 bits per heavy atom. The van der Waals surface area contributed by atoms with Gasteiger partial charge in [-0.05, 0) is 11.6 Å². The molecule has 0 aliphatic carbocycles. The number of benzene rings is 1. The van der Waals surface area contributed by atoms with Crippen LogP contribution >= 0.6 is 11.6 Å². The van der Waals surface area contributed by atoms with Gasteiger partial charge >= 0.3 is 0 Å². The zero-order valence-corrected chi connectivity index (χ0v) is 8.08. The molecular formula is C11H8ClNO. The van der Waals surface area contributed by atoms with Crippen molar-refractivity contribution in [3.8, 4) is 11.3 Å². The van der Waals surface area contributed by atoms with Crippen molar-refractivity contribution in [2.45, 2.75) is 0 Å². The predicted octanol–water partition coefficient (Wildman–Crippen LogP) is 2.70. The van der Waals surface area contributed by atoms with Crippen molar-refractivity contribution in [3.05, 3.63) is 57.8 Å². The van der Waals surface area contributed by atoms with E-state index in [0.29, 0.717) is 10.7 Å². The third-order valence-electron chi connectivity index (χ3n) is 1.93. The Morgan fingerprint density at radius 1 is 1.00 bits per heavy atom. The van der Waals surface area contributed by atoms with Crippen LogP contribution in [0, 0.1) is 0 Å². The highest BCUT2D eigenvalue weighted by atomic mass is 35.5. The molecular weight excluding hydrogens is 198 g/mol. The van der Waals surface area contributed by atoms with E-state index >= 15 is 0 Å². The second kappa shape index (κ2) is 3.68. The van der Waals surface area contributed by atoms with Crippen LogP contribution in [0.5, 0.6) is 0 Å². The lowest BCUT2D eigenvalue weighted by atomic mass is 10.1. The molecule has 1 heterocycles. The van der Waals surface area contributed by atoms with E-state index in [0.717, 1.165) is 5.56 Å². The van der Waals surface area contributed by atoms with Crippen molar-refractivity contribution in [1.82, 2.24) is 4.98 Å². The van der Waals surface area contributed by atoms with Gasteiger partial charge in [0.05, 0.1) is 10.7 Å². The van der Waals surface area contributed by atoms with Crippen LogP contribution < -0.4 is 5.56 Å². The highest BCUT2D eigenvalue weighted by molar-refractivity contribution is 6.32. The summed E-state index contributed by atoms with van der Waals surface area (Å²) in [5.41, 5.74) is 1.43. The number of halogens is 1. The smallest absolute Gasteiger partial charge is 0.248 e. The maximum Gasteiger partial charge on any atom is 0.248 e. The molecule has 1 N–H and O–H groups in total. The van der Waals surface area contributed by atoms with Gasteiger partial charge in [0, 0.05) is 6.07 Å². The van der Waals surface area contributed by atoms with Gasteiger partial charge in [-0.3, -0.25) is 4.79 Å². The van der Waals surface area contributed by atoms with Gasteiger partial charge in [0.15, 0.2) is 0 Å². The monoisotopic (exact) mass is 205 g/mol. The molecule has 1 aromatic carbocycles. The Bertz CT molecular complexity index is 490. The molecule has 0 fully saturated rings. The van der Waals surface area contributed by atoms with E-state index in [2.05, 4.69) is 4.98 Å². The van der Waals surface area contributed by atoms with Crippen LogP contribution in [0.1, 0.15) is 0 Å². The molecule has 0 bridgehead atoms. The summed E-state index contributed by atoms with van der Waals surface area (Å²) < 4.78 is 0. The first-order valence-corrected chi connectivity index (χ1v) is 4.59. The fraction of sp³-hybridized carbons (Fsp3) is 0. The summed E-state index contributed by atoms with van der Waals surface area (Å²) in [6, 6.07) is 12.5. The van der Waals surface area contributed by atoms with Gasteiger partial charge in [-0.1, -0.05) is 41.9 Å². The zero-order chi connectivity index (χ0) is 9.97. The van der Waals surface area contributed by atoms with Crippen LogP contribution in [0.2, 0.25) is 5.02 Å². The van der Waals surface area contributed by atoms with Crippen molar-refractivity contribution in [2.75, 3.05) is 0 Å². The Balaban J connectivity index is 2.62. The summed E-state index contributed by atoms with van der Waals surface area (Å²) >= 11 is 5.96. The molecule has 70 valence electrons. The van der Waals surface area contributed by atoms with Gasteiger partial charge in [0.2, 0.25) is 5.56 Å². The van der Waals surface area contributed by atoms with Gasteiger partial charge < -0.3 is 4.98 Å². The molecule has 2 rings (SSSR count). The molecule has 0 aliphatic rings. The Kier molecular flexibility index (Phi) is 2.37. The van der Waals surface area contributed by atoms with Crippen molar-refractivity contribution < 1.29 is 0 Å². The summed E-state index contributed by atoms with van der Waals surface area (Å²) in [7, 11) is 0. The molecule has 0 amide bonds. The Morgan fingerprint density at radius 2 is 1.71 bits per heavy atom. The van der Waals surface area contributed by atoms with E-state index in [-0.39, 0.29) is 5.56 Å². The van der Waals surface area contributed by atoms with Crippen LogP contribution in [0.25, 0.3) is 11.3 Å². The quantitative estimate of drug-likeness (QED) is 0.763. The SMILES string of the molecule is O=c1ccc(Cl)c(-c2ccccc2)[nH]1. The number of rotatable bonds is 1. The molecule has 0 atom stereocenters. The van der Waals surface area contributed by atoms with E-state index in [1.165, 1.54) is 6.07 Å². The van der Waals surface area contributed by atoms with E-state index in [1.54, 1.807) is 6.07 Å². The molecule has 2 aromatic rings. The number of hydrogen-bond acceptors (Lipinski definition) is 1. The maximum atomic E-state index is 11.1. The maximum absolute atomic E-state index is 11.1. The van der Waals surface area contributed by atoms with Crippen molar-refractivity contribution >= 4 is 11.6 Å². The van der Waals surface area contributed by atoms with Crippen LogP contribution in [-0.2, 0) is 0 Å². The third-order valence-corrected chi connectivity index (χ3v) is 2.25. The largest absolute Gasteiger partial charge is 0.321 e. The summed E-state index contributed by atoms with van der Waals surface area (Å²) in [5.74, 6) is 0. The van der Waals surface area contributed by atoms with E-state index in [4.69, 9.17) is 11.6 Å². The third kappa shape index (κ3) is 1.70. The first-order valence-electron chi connectivity index (χ1n) is 4.21.